The van der Waals surface area contributed by atoms with Gasteiger partial charge < -0.3 is 10.1 Å². The number of ether oxygens (including phenoxy) is 1. The molecule has 0 saturated carbocycles. The smallest absolute Gasteiger partial charge is 0.207 e. The van der Waals surface area contributed by atoms with E-state index in [2.05, 4.69) is 52.3 Å². The normalized spacial score (nSPS) is 10.8. The van der Waals surface area contributed by atoms with Crippen molar-refractivity contribution in [1.29, 1.82) is 0 Å². The second kappa shape index (κ2) is 7.84. The summed E-state index contributed by atoms with van der Waals surface area (Å²) in [5, 5.41) is 3.41. The summed E-state index contributed by atoms with van der Waals surface area (Å²) in [5.74, 6) is 0.907. The monoisotopic (exact) mass is 287 g/mol. The molecule has 21 heavy (non-hydrogen) atoms. The standard InChI is InChI=1S/C17H25N3O/c1-4-15-9-6-7-10-16(15)20-13-14(3)19-17(20)18-11-8-12-21-5-2/h6-7,9-10,13H,4-5,8,11-12H2,1-3H3,(H,18,19). The van der Waals surface area contributed by atoms with Crippen LogP contribution in [0.15, 0.2) is 30.5 Å². The summed E-state index contributed by atoms with van der Waals surface area (Å²) in [6, 6.07) is 8.47. The highest BCUT2D eigenvalue weighted by Gasteiger charge is 2.09. The molecule has 4 nitrogen and oxygen atoms in total. The molecule has 114 valence electrons. The quantitative estimate of drug-likeness (QED) is 0.754. The lowest BCUT2D eigenvalue weighted by Gasteiger charge is -2.13. The molecule has 0 bridgehead atoms. The second-order valence-electron chi connectivity index (χ2n) is 5.04. The first-order valence-electron chi connectivity index (χ1n) is 7.72. The molecule has 1 heterocycles. The van der Waals surface area contributed by atoms with Crippen molar-refractivity contribution in [3.05, 3.63) is 41.7 Å². The molecule has 0 spiro atoms. The SMILES string of the molecule is CCOCCCNc1nc(C)cn1-c1ccccc1CC. The highest BCUT2D eigenvalue weighted by Crippen LogP contribution is 2.20. The molecular weight excluding hydrogens is 262 g/mol. The molecule has 1 aromatic heterocycles. The number of nitrogens with one attached hydrogen (secondary N) is 1. The lowest BCUT2D eigenvalue weighted by Crippen LogP contribution is -2.10. The van der Waals surface area contributed by atoms with Gasteiger partial charge in [0.1, 0.15) is 0 Å². The maximum Gasteiger partial charge on any atom is 0.207 e. The van der Waals surface area contributed by atoms with Gasteiger partial charge in [-0.25, -0.2) is 4.98 Å². The number of aromatic nitrogens is 2. The Morgan fingerprint density at radius 2 is 2.05 bits per heavy atom. The van der Waals surface area contributed by atoms with Crippen molar-refractivity contribution < 1.29 is 4.74 Å². The van der Waals surface area contributed by atoms with E-state index < -0.39 is 0 Å². The van der Waals surface area contributed by atoms with Crippen molar-refractivity contribution in [2.24, 2.45) is 0 Å². The van der Waals surface area contributed by atoms with Crippen LogP contribution in [0.5, 0.6) is 0 Å². The lowest BCUT2D eigenvalue weighted by atomic mass is 10.1. The number of imidazole rings is 1. The van der Waals surface area contributed by atoms with Crippen LogP contribution in [0.4, 0.5) is 5.95 Å². The average Bonchev–Trinajstić information content (AvgIpc) is 2.87. The minimum atomic E-state index is 0.775. The number of para-hydroxylation sites is 1. The van der Waals surface area contributed by atoms with Crippen LogP contribution in [0.3, 0.4) is 0 Å². The number of nitrogens with zero attached hydrogens (tertiary/aromatic N) is 2. The first kappa shape index (κ1) is 15.6. The van der Waals surface area contributed by atoms with E-state index in [1.807, 2.05) is 13.8 Å². The molecule has 0 amide bonds. The molecule has 2 aromatic rings. The topological polar surface area (TPSA) is 39.1 Å². The molecule has 0 aliphatic carbocycles. The molecule has 0 aliphatic heterocycles. The van der Waals surface area contributed by atoms with Crippen LogP contribution in [-0.4, -0.2) is 29.3 Å². The molecule has 1 N–H and O–H groups in total. The van der Waals surface area contributed by atoms with Crippen LogP contribution in [0.2, 0.25) is 0 Å². The minimum absolute atomic E-state index is 0.775. The van der Waals surface area contributed by atoms with Crippen LogP contribution in [-0.2, 0) is 11.2 Å². The summed E-state index contributed by atoms with van der Waals surface area (Å²) >= 11 is 0. The number of hydrogen-bond acceptors (Lipinski definition) is 3. The van der Waals surface area contributed by atoms with Gasteiger partial charge >= 0.3 is 0 Å². The summed E-state index contributed by atoms with van der Waals surface area (Å²) in [5.41, 5.74) is 3.55. The fourth-order valence-electron chi connectivity index (χ4n) is 2.37. The summed E-state index contributed by atoms with van der Waals surface area (Å²) in [6.45, 7) is 8.65. The van der Waals surface area contributed by atoms with Gasteiger partial charge in [-0.05, 0) is 38.3 Å². The predicted molar refractivity (Wildman–Crippen MR) is 87.3 cm³/mol. The van der Waals surface area contributed by atoms with Crippen LogP contribution < -0.4 is 5.32 Å². The van der Waals surface area contributed by atoms with Gasteiger partial charge in [0.15, 0.2) is 0 Å². The molecule has 4 heteroatoms. The zero-order chi connectivity index (χ0) is 15.1. The largest absolute Gasteiger partial charge is 0.382 e. The van der Waals surface area contributed by atoms with Gasteiger partial charge in [-0.3, -0.25) is 4.57 Å². The first-order valence-corrected chi connectivity index (χ1v) is 7.72. The molecule has 0 radical (unpaired) electrons. The second-order valence-corrected chi connectivity index (χ2v) is 5.04. The van der Waals surface area contributed by atoms with Crippen molar-refractivity contribution in [3.8, 4) is 5.69 Å². The molecule has 0 saturated heterocycles. The number of rotatable bonds is 8. The molecule has 1 aromatic carbocycles. The van der Waals surface area contributed by atoms with E-state index in [1.54, 1.807) is 0 Å². The maximum absolute atomic E-state index is 5.36. The van der Waals surface area contributed by atoms with Gasteiger partial charge in [0.05, 0.1) is 11.4 Å². The Kier molecular flexibility index (Phi) is 5.81. The zero-order valence-electron chi connectivity index (χ0n) is 13.2. The third-order valence-electron chi connectivity index (χ3n) is 3.41. The van der Waals surface area contributed by atoms with E-state index in [9.17, 15) is 0 Å². The lowest BCUT2D eigenvalue weighted by molar-refractivity contribution is 0.147. The Hall–Kier alpha value is -1.81. The van der Waals surface area contributed by atoms with Crippen LogP contribution in [0, 0.1) is 6.92 Å². The van der Waals surface area contributed by atoms with Crippen LogP contribution >= 0.6 is 0 Å². The highest BCUT2D eigenvalue weighted by molar-refractivity contribution is 5.48. The van der Waals surface area contributed by atoms with Crippen LogP contribution in [0.25, 0.3) is 5.69 Å². The maximum atomic E-state index is 5.36. The van der Waals surface area contributed by atoms with E-state index in [4.69, 9.17) is 4.74 Å². The highest BCUT2D eigenvalue weighted by atomic mass is 16.5. The van der Waals surface area contributed by atoms with E-state index in [-0.39, 0.29) is 0 Å². The molecular formula is C17H25N3O. The molecule has 2 rings (SSSR count). The van der Waals surface area contributed by atoms with Gasteiger partial charge in [0.2, 0.25) is 5.95 Å². The Morgan fingerprint density at radius 3 is 2.81 bits per heavy atom. The summed E-state index contributed by atoms with van der Waals surface area (Å²) in [4.78, 5) is 4.59. The Bertz CT molecular complexity index is 563. The van der Waals surface area contributed by atoms with Crippen molar-refractivity contribution in [1.82, 2.24) is 9.55 Å². The van der Waals surface area contributed by atoms with Crippen molar-refractivity contribution in [2.45, 2.75) is 33.6 Å². The van der Waals surface area contributed by atoms with Crippen molar-refractivity contribution >= 4 is 5.95 Å². The Morgan fingerprint density at radius 1 is 1.24 bits per heavy atom. The van der Waals surface area contributed by atoms with Gasteiger partial charge in [-0.1, -0.05) is 25.1 Å². The average molecular weight is 287 g/mol. The van der Waals surface area contributed by atoms with Gasteiger partial charge in [-0.15, -0.1) is 0 Å². The minimum Gasteiger partial charge on any atom is -0.382 e. The fourth-order valence-corrected chi connectivity index (χ4v) is 2.37. The number of benzene rings is 1. The summed E-state index contributed by atoms with van der Waals surface area (Å²) < 4.78 is 7.51. The molecule has 0 aliphatic rings. The van der Waals surface area contributed by atoms with E-state index >= 15 is 0 Å². The van der Waals surface area contributed by atoms with Gasteiger partial charge in [-0.2, -0.15) is 0 Å². The summed E-state index contributed by atoms with van der Waals surface area (Å²) in [6.07, 6.45) is 4.08. The predicted octanol–water partition coefficient (Wildman–Crippen LogP) is 3.58. The van der Waals surface area contributed by atoms with Gasteiger partial charge in [0, 0.05) is 26.0 Å². The first-order chi connectivity index (χ1) is 10.3. The third kappa shape index (κ3) is 4.08. The van der Waals surface area contributed by atoms with Crippen molar-refractivity contribution in [3.63, 3.8) is 0 Å². The van der Waals surface area contributed by atoms with E-state index in [0.717, 1.165) is 44.2 Å². The third-order valence-corrected chi connectivity index (χ3v) is 3.41. The number of aryl methyl sites for hydroxylation is 2. The van der Waals surface area contributed by atoms with E-state index in [0.29, 0.717) is 0 Å². The summed E-state index contributed by atoms with van der Waals surface area (Å²) in [7, 11) is 0. The van der Waals surface area contributed by atoms with Crippen molar-refractivity contribution in [2.75, 3.05) is 25.1 Å². The van der Waals surface area contributed by atoms with Crippen LogP contribution in [0.1, 0.15) is 31.5 Å². The molecule has 0 atom stereocenters. The number of hydrogen-bond donors (Lipinski definition) is 1. The molecule has 0 fully saturated rings. The molecule has 0 unspecified atom stereocenters. The Balaban J connectivity index is 2.13. The van der Waals surface area contributed by atoms with E-state index in [1.165, 1.54) is 11.3 Å². The number of anilines is 1. The zero-order valence-corrected chi connectivity index (χ0v) is 13.2. The Labute approximate surface area is 127 Å². The van der Waals surface area contributed by atoms with Gasteiger partial charge in [0.25, 0.3) is 0 Å². The fraction of sp³-hybridized carbons (Fsp3) is 0.471.